The number of hydrogen-bond acceptors (Lipinski definition) is 8. The van der Waals surface area contributed by atoms with E-state index in [4.69, 9.17) is 5.73 Å². The lowest BCUT2D eigenvalue weighted by molar-refractivity contribution is -0.485. The number of aromatic nitrogens is 1. The first-order valence-corrected chi connectivity index (χ1v) is 11.5. The maximum Gasteiger partial charge on any atom is 0.266 e. The van der Waals surface area contributed by atoms with Gasteiger partial charge in [-0.25, -0.2) is 20.2 Å². The van der Waals surface area contributed by atoms with Gasteiger partial charge in [0.25, 0.3) is 5.96 Å². The molecule has 0 aliphatic heterocycles. The van der Waals surface area contributed by atoms with Gasteiger partial charge in [-0.1, -0.05) is 20.8 Å². The molecule has 0 aliphatic carbocycles. The number of nitrogens with two attached hydrogens (primary N) is 1. The second-order valence-corrected chi connectivity index (χ2v) is 9.09. The second kappa shape index (κ2) is 14.0. The third kappa shape index (κ3) is 9.66. The van der Waals surface area contributed by atoms with Crippen molar-refractivity contribution in [2.24, 2.45) is 28.6 Å². The fourth-order valence-corrected chi connectivity index (χ4v) is 3.76. The summed E-state index contributed by atoms with van der Waals surface area (Å²) in [6.07, 6.45) is 2.41. The molecule has 6 N–H and O–H groups in total. The first kappa shape index (κ1) is 28.7. The van der Waals surface area contributed by atoms with Crippen LogP contribution < -0.4 is 21.7 Å². The van der Waals surface area contributed by atoms with Crippen LogP contribution in [0.2, 0.25) is 0 Å². The third-order valence-electron chi connectivity index (χ3n) is 5.08. The monoisotopic (exact) mass is 500 g/mol. The molecule has 0 saturated carbocycles. The highest BCUT2D eigenvalue weighted by Crippen LogP contribution is 2.21. The number of nitrogens with one attached hydrogen (secondary N) is 3. The summed E-state index contributed by atoms with van der Waals surface area (Å²) in [5.74, 6) is -2.53. The number of hydroxylamine groups is 2. The van der Waals surface area contributed by atoms with Gasteiger partial charge in [0.15, 0.2) is 10.2 Å². The Bertz CT molecular complexity index is 850. The molecule has 0 spiro atoms. The third-order valence-corrected chi connectivity index (χ3v) is 5.77. The number of carbonyl (C=O) groups excluding carboxylic acids is 3. The number of nitrogens with zero attached hydrogens (tertiary/aromatic N) is 4. The molecule has 1 heterocycles. The number of hydrazone groups is 1. The van der Waals surface area contributed by atoms with Gasteiger partial charge >= 0.3 is 0 Å². The van der Waals surface area contributed by atoms with Gasteiger partial charge in [0.1, 0.15) is 11.1 Å². The molecular formula is C19H32N8O6S. The van der Waals surface area contributed by atoms with Crippen molar-refractivity contribution in [2.45, 2.75) is 52.6 Å². The fourth-order valence-electron chi connectivity index (χ4n) is 3.22. The van der Waals surface area contributed by atoms with Crippen molar-refractivity contribution in [2.75, 3.05) is 11.9 Å². The topological polar surface area (TPSA) is 205 Å². The Labute approximate surface area is 201 Å². The van der Waals surface area contributed by atoms with Crippen LogP contribution in [0.4, 0.5) is 5.13 Å². The quantitative estimate of drug-likeness (QED) is 0.0604. The van der Waals surface area contributed by atoms with E-state index >= 15 is 0 Å². The predicted octanol–water partition coefficient (Wildman–Crippen LogP) is 0.587. The number of carbonyl (C=O) groups is 3. The van der Waals surface area contributed by atoms with E-state index in [-0.39, 0.29) is 24.8 Å². The maximum atomic E-state index is 13.2. The normalized spacial score (nSPS) is 15.1. The van der Waals surface area contributed by atoms with Crippen molar-refractivity contribution in [3.63, 3.8) is 0 Å². The van der Waals surface area contributed by atoms with Gasteiger partial charge in [0, 0.05) is 18.1 Å². The Kier molecular flexibility index (Phi) is 11.9. The molecule has 1 aromatic rings. The lowest BCUT2D eigenvalue weighted by atomic mass is 9.89. The molecule has 0 unspecified atom stereocenters. The van der Waals surface area contributed by atoms with Gasteiger partial charge in [0.05, 0.1) is 12.0 Å². The summed E-state index contributed by atoms with van der Waals surface area (Å²) < 4.78 is 0. The molecular weight excluding hydrogens is 468 g/mol. The SMILES string of the molecule is CC(C)C[C@@H](C(=O)N[C@H](C(=O)Nc1nccs1)[C@H](C)CCN/C(N)=N\[N+](=O)[O-])[C@H](C)N(O)C=O. The van der Waals surface area contributed by atoms with Gasteiger partial charge in [-0.2, -0.15) is 0 Å². The molecule has 190 valence electrons. The summed E-state index contributed by atoms with van der Waals surface area (Å²) in [6, 6.07) is -1.82. The smallest absolute Gasteiger partial charge is 0.266 e. The molecule has 0 bridgehead atoms. The van der Waals surface area contributed by atoms with E-state index in [9.17, 15) is 29.7 Å². The van der Waals surface area contributed by atoms with Crippen molar-refractivity contribution < 1.29 is 24.6 Å². The van der Waals surface area contributed by atoms with E-state index in [0.29, 0.717) is 23.0 Å². The van der Waals surface area contributed by atoms with Crippen LogP contribution in [0.3, 0.4) is 0 Å². The molecule has 14 nitrogen and oxygen atoms in total. The van der Waals surface area contributed by atoms with Crippen LogP contribution in [-0.2, 0) is 14.4 Å². The van der Waals surface area contributed by atoms with Crippen molar-refractivity contribution in [3.8, 4) is 0 Å². The molecule has 3 amide bonds. The fraction of sp³-hybridized carbons (Fsp3) is 0.632. The summed E-state index contributed by atoms with van der Waals surface area (Å²) in [5.41, 5.74) is 5.41. The molecule has 0 radical (unpaired) electrons. The minimum atomic E-state index is -1.00. The van der Waals surface area contributed by atoms with E-state index in [1.165, 1.54) is 24.5 Å². The number of anilines is 1. The van der Waals surface area contributed by atoms with Crippen LogP contribution in [0.1, 0.15) is 40.5 Å². The number of nitro groups is 1. The zero-order chi connectivity index (χ0) is 25.8. The Hall–Kier alpha value is -3.33. The number of thiazole rings is 1. The highest BCUT2D eigenvalue weighted by atomic mass is 32.1. The summed E-state index contributed by atoms with van der Waals surface area (Å²) in [6.45, 7) is 7.21. The Morgan fingerprint density at radius 1 is 1.35 bits per heavy atom. The molecule has 15 heteroatoms. The lowest BCUT2D eigenvalue weighted by Crippen LogP contribution is -2.53. The minimum absolute atomic E-state index is 0.0753. The van der Waals surface area contributed by atoms with E-state index < -0.39 is 40.8 Å². The molecule has 0 saturated heterocycles. The van der Waals surface area contributed by atoms with Crippen LogP contribution >= 0.6 is 11.3 Å². The molecule has 34 heavy (non-hydrogen) atoms. The van der Waals surface area contributed by atoms with Crippen molar-refractivity contribution in [3.05, 3.63) is 21.7 Å². The van der Waals surface area contributed by atoms with Gasteiger partial charge in [-0.3, -0.25) is 19.6 Å². The van der Waals surface area contributed by atoms with Gasteiger partial charge < -0.3 is 21.7 Å². The van der Waals surface area contributed by atoms with Crippen LogP contribution in [0, 0.1) is 27.9 Å². The number of amides is 3. The zero-order valence-electron chi connectivity index (χ0n) is 19.5. The van der Waals surface area contributed by atoms with E-state index in [1.54, 1.807) is 12.3 Å². The van der Waals surface area contributed by atoms with Crippen LogP contribution in [0.15, 0.2) is 16.7 Å². The molecule has 4 atom stereocenters. The zero-order valence-corrected chi connectivity index (χ0v) is 20.3. The number of rotatable bonds is 14. The molecule has 0 aliphatic rings. The second-order valence-electron chi connectivity index (χ2n) is 8.19. The first-order chi connectivity index (χ1) is 16.0. The molecule has 0 fully saturated rings. The van der Waals surface area contributed by atoms with Crippen LogP contribution in [-0.4, -0.2) is 63.1 Å². The summed E-state index contributed by atoms with van der Waals surface area (Å²) >= 11 is 1.21. The largest absolute Gasteiger partial charge is 0.365 e. The van der Waals surface area contributed by atoms with Crippen molar-refractivity contribution >= 4 is 40.7 Å². The number of hydrogen-bond donors (Lipinski definition) is 5. The first-order valence-electron chi connectivity index (χ1n) is 10.6. The standard InChI is InChI=1S/C19H32N8O6S/c1-11(2)9-14(13(4)26(31)10-28)16(29)23-15(17(30)24-19-22-7-8-34-19)12(3)5-6-21-18(20)25-27(32)33/h7-8,10-15,31H,5-6,9H2,1-4H3,(H,23,29)(H3,20,21,25)(H,22,24,30)/t12-,13+,14-,15+/m1/s1. The Morgan fingerprint density at radius 2 is 2.03 bits per heavy atom. The summed E-state index contributed by atoms with van der Waals surface area (Å²) in [7, 11) is 0. The van der Waals surface area contributed by atoms with Gasteiger partial charge in [0.2, 0.25) is 18.2 Å². The lowest BCUT2D eigenvalue weighted by Gasteiger charge is -2.31. The molecule has 1 rings (SSSR count). The Balaban J connectivity index is 3.02. The van der Waals surface area contributed by atoms with Gasteiger partial charge in [-0.05, 0) is 31.6 Å². The highest BCUT2D eigenvalue weighted by molar-refractivity contribution is 7.13. The molecule has 0 aromatic carbocycles. The van der Waals surface area contributed by atoms with Crippen LogP contribution in [0.25, 0.3) is 0 Å². The van der Waals surface area contributed by atoms with Crippen LogP contribution in [0.5, 0.6) is 0 Å². The van der Waals surface area contributed by atoms with Crippen molar-refractivity contribution in [1.29, 1.82) is 0 Å². The van der Waals surface area contributed by atoms with E-state index in [1.807, 2.05) is 13.8 Å². The maximum absolute atomic E-state index is 13.2. The predicted molar refractivity (Wildman–Crippen MR) is 125 cm³/mol. The molecule has 1 aromatic heterocycles. The van der Waals surface area contributed by atoms with E-state index in [2.05, 4.69) is 26.0 Å². The van der Waals surface area contributed by atoms with Crippen molar-refractivity contribution in [1.82, 2.24) is 20.7 Å². The highest BCUT2D eigenvalue weighted by Gasteiger charge is 2.34. The number of guanidine groups is 1. The summed E-state index contributed by atoms with van der Waals surface area (Å²) in [5, 5.41) is 32.7. The van der Waals surface area contributed by atoms with E-state index in [0.717, 1.165) is 0 Å². The average molecular weight is 501 g/mol. The minimum Gasteiger partial charge on any atom is -0.365 e. The average Bonchev–Trinajstić information content (AvgIpc) is 3.26. The Morgan fingerprint density at radius 3 is 2.56 bits per heavy atom. The van der Waals surface area contributed by atoms with Gasteiger partial charge in [-0.15, -0.1) is 11.3 Å². The summed E-state index contributed by atoms with van der Waals surface area (Å²) in [4.78, 5) is 51.6.